The van der Waals surface area contributed by atoms with Crippen molar-refractivity contribution in [3.8, 4) is 0 Å². The van der Waals surface area contributed by atoms with E-state index in [1.165, 1.54) is 12.8 Å². The van der Waals surface area contributed by atoms with Gasteiger partial charge in [0.15, 0.2) is 8.46 Å². The normalized spacial score (nSPS) is 30.8. The van der Waals surface area contributed by atoms with Gasteiger partial charge in [-0.05, 0) is 25.8 Å². The number of nitrogens with one attached hydrogen (secondary N) is 1. The fourth-order valence-corrected chi connectivity index (χ4v) is 1.42. The summed E-state index contributed by atoms with van der Waals surface area (Å²) in [6.07, 6.45) is 3.55. The first kappa shape index (κ1) is 6.18. The molecule has 0 bridgehead atoms. The van der Waals surface area contributed by atoms with Crippen LogP contribution in [0, 0.1) is 0 Å². The Hall–Kier alpha value is 0.0600. The molecule has 0 aromatic carbocycles. The molecule has 1 heterocycles. The number of rotatable bonds is 1. The highest BCUT2D eigenvalue weighted by molar-refractivity contribution is 7.24. The molecule has 1 atom stereocenters. The molecule has 1 rings (SSSR count). The molecular formula is C5H10NOP. The lowest BCUT2D eigenvalue weighted by Gasteiger charge is -2.16. The summed E-state index contributed by atoms with van der Waals surface area (Å²) in [5, 5.41) is 3.14. The molecule has 1 fully saturated rings. The maximum Gasteiger partial charge on any atom is 0.174 e. The molecule has 8 heavy (non-hydrogen) atoms. The second-order valence-corrected chi connectivity index (χ2v) is 2.91. The first-order valence-electron chi connectivity index (χ1n) is 2.99. The molecule has 0 aromatic rings. The van der Waals surface area contributed by atoms with Crippen LogP contribution in [0.4, 0.5) is 0 Å². The van der Waals surface area contributed by atoms with Gasteiger partial charge in [-0.3, -0.25) is 4.57 Å². The molecular weight excluding hydrogens is 121 g/mol. The van der Waals surface area contributed by atoms with E-state index in [0.717, 1.165) is 13.0 Å². The molecule has 46 valence electrons. The zero-order chi connectivity index (χ0) is 5.82. The zero-order valence-corrected chi connectivity index (χ0v) is 5.66. The van der Waals surface area contributed by atoms with Crippen molar-refractivity contribution in [1.82, 2.24) is 5.32 Å². The van der Waals surface area contributed by atoms with Crippen LogP contribution in [-0.2, 0) is 4.57 Å². The van der Waals surface area contributed by atoms with Crippen LogP contribution in [0.3, 0.4) is 0 Å². The molecule has 0 aromatic heterocycles. The van der Waals surface area contributed by atoms with E-state index in [9.17, 15) is 4.57 Å². The molecule has 2 nitrogen and oxygen atoms in total. The van der Waals surface area contributed by atoms with Crippen molar-refractivity contribution in [2.45, 2.75) is 25.0 Å². The van der Waals surface area contributed by atoms with E-state index in [4.69, 9.17) is 0 Å². The van der Waals surface area contributed by atoms with Crippen molar-refractivity contribution in [2.24, 2.45) is 0 Å². The minimum Gasteiger partial charge on any atom is -0.304 e. The van der Waals surface area contributed by atoms with Gasteiger partial charge in [0, 0.05) is 0 Å². The maximum absolute atomic E-state index is 10.2. The minimum atomic E-state index is 0.253. The maximum atomic E-state index is 10.2. The van der Waals surface area contributed by atoms with Crippen LogP contribution in [0.25, 0.3) is 0 Å². The lowest BCUT2D eigenvalue weighted by Crippen LogP contribution is -2.29. The standard InChI is InChI=1S/C5H10NOP/c7-8-5-3-1-2-4-6-5/h5-6H,1-4H2. The predicted octanol–water partition coefficient (Wildman–Crippen LogP) is 1.38. The van der Waals surface area contributed by atoms with Crippen LogP contribution in [0.2, 0.25) is 0 Å². The van der Waals surface area contributed by atoms with Gasteiger partial charge in [-0.15, -0.1) is 0 Å². The number of piperidine rings is 1. The highest BCUT2D eigenvalue weighted by atomic mass is 31.1. The Balaban J connectivity index is 2.22. The van der Waals surface area contributed by atoms with E-state index >= 15 is 0 Å². The van der Waals surface area contributed by atoms with Crippen LogP contribution >= 0.6 is 8.46 Å². The minimum absolute atomic E-state index is 0.253. The Morgan fingerprint density at radius 1 is 1.50 bits per heavy atom. The van der Waals surface area contributed by atoms with Crippen molar-refractivity contribution < 1.29 is 4.57 Å². The topological polar surface area (TPSA) is 29.1 Å². The molecule has 1 N–H and O–H groups in total. The van der Waals surface area contributed by atoms with E-state index in [1.54, 1.807) is 0 Å². The van der Waals surface area contributed by atoms with Gasteiger partial charge >= 0.3 is 0 Å². The number of hydrogen-bond acceptors (Lipinski definition) is 2. The Labute approximate surface area is 50.9 Å². The van der Waals surface area contributed by atoms with Crippen molar-refractivity contribution in [3.63, 3.8) is 0 Å². The molecule has 1 saturated heterocycles. The Morgan fingerprint density at radius 2 is 2.38 bits per heavy atom. The van der Waals surface area contributed by atoms with Gasteiger partial charge in [-0.1, -0.05) is 0 Å². The summed E-state index contributed by atoms with van der Waals surface area (Å²) < 4.78 is 10.2. The summed E-state index contributed by atoms with van der Waals surface area (Å²) in [5.41, 5.74) is 0. The summed E-state index contributed by atoms with van der Waals surface area (Å²) in [6.45, 7) is 1.04. The van der Waals surface area contributed by atoms with Gasteiger partial charge in [0.2, 0.25) is 0 Å². The van der Waals surface area contributed by atoms with E-state index in [1.807, 2.05) is 0 Å². The lowest BCUT2D eigenvalue weighted by molar-refractivity contribution is 0.475. The SMILES string of the molecule is O=PC1CCCCN1. The summed E-state index contributed by atoms with van der Waals surface area (Å²) >= 11 is 0. The highest BCUT2D eigenvalue weighted by Gasteiger charge is 2.10. The lowest BCUT2D eigenvalue weighted by atomic mass is 10.2. The van der Waals surface area contributed by atoms with E-state index < -0.39 is 0 Å². The van der Waals surface area contributed by atoms with Gasteiger partial charge in [-0.2, -0.15) is 0 Å². The van der Waals surface area contributed by atoms with Crippen LogP contribution in [0.5, 0.6) is 0 Å². The van der Waals surface area contributed by atoms with Crippen molar-refractivity contribution in [2.75, 3.05) is 6.54 Å². The Kier molecular flexibility index (Phi) is 2.44. The van der Waals surface area contributed by atoms with Crippen molar-refractivity contribution in [1.29, 1.82) is 0 Å². The van der Waals surface area contributed by atoms with Crippen LogP contribution < -0.4 is 5.32 Å². The summed E-state index contributed by atoms with van der Waals surface area (Å²) in [5.74, 6) is 0.253. The van der Waals surface area contributed by atoms with E-state index in [0.29, 0.717) is 0 Å². The van der Waals surface area contributed by atoms with Gasteiger partial charge in [-0.25, -0.2) is 0 Å². The zero-order valence-electron chi connectivity index (χ0n) is 4.76. The molecule has 0 radical (unpaired) electrons. The Bertz CT molecular complexity index is 80.5. The summed E-state index contributed by atoms with van der Waals surface area (Å²) in [6, 6.07) is 0. The Morgan fingerprint density at radius 3 is 2.75 bits per heavy atom. The van der Waals surface area contributed by atoms with Gasteiger partial charge in [0.05, 0.1) is 5.78 Å². The van der Waals surface area contributed by atoms with Crippen molar-refractivity contribution >= 4 is 8.46 Å². The average Bonchev–Trinajstić information content (AvgIpc) is 1.90. The molecule has 3 heteroatoms. The molecule has 0 saturated carbocycles. The molecule has 1 aliphatic rings. The second kappa shape index (κ2) is 3.16. The largest absolute Gasteiger partial charge is 0.304 e. The third-order valence-corrected chi connectivity index (χ3v) is 2.11. The van der Waals surface area contributed by atoms with Crippen LogP contribution in [0.1, 0.15) is 19.3 Å². The molecule has 0 spiro atoms. The van der Waals surface area contributed by atoms with Gasteiger partial charge in [0.1, 0.15) is 0 Å². The first-order chi connectivity index (χ1) is 3.93. The predicted molar refractivity (Wildman–Crippen MR) is 33.2 cm³/mol. The van der Waals surface area contributed by atoms with Crippen molar-refractivity contribution in [3.05, 3.63) is 0 Å². The van der Waals surface area contributed by atoms with Crippen LogP contribution in [-0.4, -0.2) is 12.3 Å². The molecule has 1 aliphatic heterocycles. The highest BCUT2D eigenvalue weighted by Crippen LogP contribution is 2.14. The fourth-order valence-electron chi connectivity index (χ4n) is 0.923. The van der Waals surface area contributed by atoms with E-state index in [-0.39, 0.29) is 14.2 Å². The third kappa shape index (κ3) is 1.53. The van der Waals surface area contributed by atoms with E-state index in [2.05, 4.69) is 5.32 Å². The monoisotopic (exact) mass is 131 g/mol. The second-order valence-electron chi connectivity index (χ2n) is 2.07. The smallest absolute Gasteiger partial charge is 0.174 e. The quantitative estimate of drug-likeness (QED) is 0.544. The summed E-state index contributed by atoms with van der Waals surface area (Å²) in [4.78, 5) is 0. The van der Waals surface area contributed by atoms with Gasteiger partial charge < -0.3 is 5.32 Å². The van der Waals surface area contributed by atoms with Gasteiger partial charge in [0.25, 0.3) is 0 Å². The number of hydrogen-bond donors (Lipinski definition) is 1. The first-order valence-corrected chi connectivity index (χ1v) is 3.87. The summed E-state index contributed by atoms with van der Waals surface area (Å²) in [7, 11) is 0.265. The third-order valence-electron chi connectivity index (χ3n) is 1.41. The van der Waals surface area contributed by atoms with Crippen LogP contribution in [0.15, 0.2) is 0 Å². The molecule has 1 unspecified atom stereocenters. The fraction of sp³-hybridized carbons (Fsp3) is 1.00. The molecule has 0 aliphatic carbocycles. The average molecular weight is 131 g/mol. The molecule has 0 amide bonds.